The number of ketones is 1. The Balaban J connectivity index is 1.29. The van der Waals surface area contributed by atoms with E-state index in [0.29, 0.717) is 18.1 Å². The average molecular weight is 475 g/mol. The Labute approximate surface area is 201 Å². The molecule has 174 valence electrons. The van der Waals surface area contributed by atoms with Crippen LogP contribution in [0.1, 0.15) is 37.8 Å². The quantitative estimate of drug-likeness (QED) is 0.352. The Bertz CT molecular complexity index is 1490. The zero-order chi connectivity index (χ0) is 24.0. The van der Waals surface area contributed by atoms with Gasteiger partial charge in [0.05, 0.1) is 24.0 Å². The minimum absolute atomic E-state index is 0.104. The van der Waals surface area contributed by atoms with Crippen molar-refractivity contribution in [3.63, 3.8) is 0 Å². The van der Waals surface area contributed by atoms with Gasteiger partial charge in [0.25, 0.3) is 0 Å². The number of hydrogen-bond acceptors (Lipinski definition) is 8. The first kappa shape index (κ1) is 22.2. The van der Waals surface area contributed by atoms with Crippen LogP contribution in [-0.4, -0.2) is 44.4 Å². The van der Waals surface area contributed by atoms with E-state index >= 15 is 0 Å². The fraction of sp³-hybridized carbons (Fsp3) is 0.320. The van der Waals surface area contributed by atoms with E-state index in [1.807, 2.05) is 66.1 Å². The number of anilines is 1. The van der Waals surface area contributed by atoms with Crippen molar-refractivity contribution in [1.82, 2.24) is 24.5 Å². The topological polar surface area (TPSA) is 89.4 Å². The molecule has 0 bridgehead atoms. The maximum atomic E-state index is 12.6. The van der Waals surface area contributed by atoms with E-state index in [-0.39, 0.29) is 17.6 Å². The average Bonchev–Trinajstić information content (AvgIpc) is 3.48. The summed E-state index contributed by atoms with van der Waals surface area (Å²) >= 11 is 1.54. The molecule has 5 aromatic rings. The predicted molar refractivity (Wildman–Crippen MR) is 134 cm³/mol. The number of nitrogens with zero attached hydrogens (tertiary/aromatic N) is 6. The number of rotatable bonds is 6. The van der Waals surface area contributed by atoms with Crippen LogP contribution < -0.4 is 4.90 Å². The fourth-order valence-electron chi connectivity index (χ4n) is 3.67. The summed E-state index contributed by atoms with van der Waals surface area (Å²) in [6, 6.07) is 9.85. The second-order valence-corrected chi connectivity index (χ2v) is 10.6. The molecule has 0 aliphatic heterocycles. The summed E-state index contributed by atoms with van der Waals surface area (Å²) in [7, 11) is 3.85. The van der Waals surface area contributed by atoms with E-state index in [0.717, 1.165) is 37.9 Å². The molecular formula is C25H26N6O2S. The van der Waals surface area contributed by atoms with E-state index in [9.17, 15) is 4.79 Å². The van der Waals surface area contributed by atoms with Gasteiger partial charge in [0.1, 0.15) is 21.9 Å². The molecule has 9 heteroatoms. The van der Waals surface area contributed by atoms with E-state index in [2.05, 4.69) is 35.9 Å². The molecule has 0 saturated carbocycles. The third kappa shape index (κ3) is 4.31. The molecule has 0 aliphatic rings. The first-order valence-electron chi connectivity index (χ1n) is 11.1. The van der Waals surface area contributed by atoms with Crippen LogP contribution in [0.4, 0.5) is 5.95 Å². The lowest BCUT2D eigenvalue weighted by Crippen LogP contribution is -2.12. The molecule has 0 atom stereocenters. The zero-order valence-corrected chi connectivity index (χ0v) is 20.7. The van der Waals surface area contributed by atoms with Crippen LogP contribution in [0.3, 0.4) is 0 Å². The second kappa shape index (κ2) is 8.32. The van der Waals surface area contributed by atoms with Crippen LogP contribution in [0.2, 0.25) is 0 Å². The van der Waals surface area contributed by atoms with E-state index in [4.69, 9.17) is 9.51 Å². The van der Waals surface area contributed by atoms with Crippen LogP contribution in [0.5, 0.6) is 0 Å². The molecule has 0 radical (unpaired) electrons. The highest BCUT2D eigenvalue weighted by atomic mass is 32.1. The second-order valence-electron chi connectivity index (χ2n) is 9.66. The van der Waals surface area contributed by atoms with Crippen LogP contribution in [-0.2, 0) is 23.1 Å². The predicted octanol–water partition coefficient (Wildman–Crippen LogP) is 4.71. The molecule has 34 heavy (non-hydrogen) atoms. The van der Waals surface area contributed by atoms with Crippen molar-refractivity contribution in [2.24, 2.45) is 0 Å². The van der Waals surface area contributed by atoms with Gasteiger partial charge < -0.3 is 9.42 Å². The van der Waals surface area contributed by atoms with Gasteiger partial charge in [0, 0.05) is 43.8 Å². The number of benzene rings is 1. The SMILES string of the molecule is CN(C)c1ncc2c(n1)sc1nc(-c3ccc(CC(=O)Cc4cc(C(C)(C)C)on4)cc3)cn12. The zero-order valence-electron chi connectivity index (χ0n) is 19.9. The Morgan fingerprint density at radius 2 is 1.88 bits per heavy atom. The van der Waals surface area contributed by atoms with Crippen molar-refractivity contribution in [3.8, 4) is 11.3 Å². The molecule has 0 spiro atoms. The number of carbonyl (C=O) groups is 1. The molecule has 8 nitrogen and oxygen atoms in total. The summed E-state index contributed by atoms with van der Waals surface area (Å²) in [4.78, 5) is 30.0. The highest BCUT2D eigenvalue weighted by Gasteiger charge is 2.20. The molecular weight excluding hydrogens is 448 g/mol. The lowest BCUT2D eigenvalue weighted by molar-refractivity contribution is -0.117. The monoisotopic (exact) mass is 474 g/mol. The minimum atomic E-state index is -0.125. The van der Waals surface area contributed by atoms with Gasteiger partial charge in [-0.3, -0.25) is 9.20 Å². The largest absolute Gasteiger partial charge is 0.361 e. The maximum absolute atomic E-state index is 12.6. The lowest BCUT2D eigenvalue weighted by Gasteiger charge is -2.12. The van der Waals surface area contributed by atoms with E-state index in [1.54, 1.807) is 11.3 Å². The number of hydrogen-bond donors (Lipinski definition) is 0. The van der Waals surface area contributed by atoms with E-state index < -0.39 is 0 Å². The van der Waals surface area contributed by atoms with Gasteiger partial charge >= 0.3 is 0 Å². The summed E-state index contributed by atoms with van der Waals surface area (Å²) in [6.45, 7) is 6.17. The van der Waals surface area contributed by atoms with Crippen molar-refractivity contribution < 1.29 is 9.32 Å². The standard InChI is InChI=1S/C25H26N6O2S/c1-25(2,3)21-12-17(29-33-21)11-18(32)10-15-6-8-16(9-7-15)19-14-31-20-13-26-23(30(4)5)28-22(20)34-24(31)27-19/h6-9,12-14H,10-11H2,1-5H3. The minimum Gasteiger partial charge on any atom is -0.361 e. The number of Topliss-reactive ketones (excluding diaryl/α,β-unsaturated/α-hetero) is 1. The molecule has 0 aliphatic carbocycles. The number of imidazole rings is 1. The van der Waals surface area contributed by atoms with Crippen molar-refractivity contribution in [3.05, 3.63) is 59.7 Å². The molecule has 0 amide bonds. The molecule has 4 heterocycles. The van der Waals surface area contributed by atoms with Gasteiger partial charge in [-0.2, -0.15) is 0 Å². The Morgan fingerprint density at radius 3 is 2.56 bits per heavy atom. The summed E-state index contributed by atoms with van der Waals surface area (Å²) in [6.07, 6.45) is 4.46. The van der Waals surface area contributed by atoms with Crippen molar-refractivity contribution in [2.45, 2.75) is 39.0 Å². The van der Waals surface area contributed by atoms with Gasteiger partial charge in [0.15, 0.2) is 4.96 Å². The molecule has 0 unspecified atom stereocenters. The van der Waals surface area contributed by atoms with Crippen molar-refractivity contribution in [2.75, 3.05) is 19.0 Å². The highest BCUT2D eigenvalue weighted by Crippen LogP contribution is 2.29. The number of carbonyl (C=O) groups excluding carboxylic acids is 1. The first-order chi connectivity index (χ1) is 16.2. The molecule has 0 fully saturated rings. The smallest absolute Gasteiger partial charge is 0.226 e. The molecule has 1 aromatic carbocycles. The van der Waals surface area contributed by atoms with Crippen LogP contribution in [0.25, 0.3) is 26.6 Å². The molecule has 0 saturated heterocycles. The van der Waals surface area contributed by atoms with Gasteiger partial charge in [-0.1, -0.05) is 61.5 Å². The number of thiazole rings is 1. The summed E-state index contributed by atoms with van der Waals surface area (Å²) in [5, 5.41) is 4.05. The lowest BCUT2D eigenvalue weighted by atomic mass is 9.93. The highest BCUT2D eigenvalue weighted by molar-refractivity contribution is 7.23. The van der Waals surface area contributed by atoms with Gasteiger partial charge in [-0.05, 0) is 5.56 Å². The Morgan fingerprint density at radius 1 is 1.12 bits per heavy atom. The summed E-state index contributed by atoms with van der Waals surface area (Å²) in [5.41, 5.74) is 4.33. The summed E-state index contributed by atoms with van der Waals surface area (Å²) in [5.74, 6) is 1.57. The van der Waals surface area contributed by atoms with Gasteiger partial charge in [-0.15, -0.1) is 0 Å². The molecule has 0 N–H and O–H groups in total. The number of fused-ring (bicyclic) bond motifs is 3. The van der Waals surface area contributed by atoms with Crippen LogP contribution in [0, 0.1) is 0 Å². The number of aromatic nitrogens is 5. The first-order valence-corrected chi connectivity index (χ1v) is 11.9. The molecule has 5 rings (SSSR count). The maximum Gasteiger partial charge on any atom is 0.226 e. The van der Waals surface area contributed by atoms with E-state index in [1.165, 1.54) is 0 Å². The van der Waals surface area contributed by atoms with Crippen LogP contribution in [0.15, 0.2) is 47.2 Å². The van der Waals surface area contributed by atoms with Crippen molar-refractivity contribution in [1.29, 1.82) is 0 Å². The Hall–Kier alpha value is -3.59. The third-order valence-electron chi connectivity index (χ3n) is 5.57. The normalized spacial score (nSPS) is 12.0. The Kier molecular flexibility index (Phi) is 5.44. The molecule has 4 aromatic heterocycles. The third-order valence-corrected chi connectivity index (χ3v) is 6.54. The van der Waals surface area contributed by atoms with Crippen LogP contribution >= 0.6 is 11.3 Å². The summed E-state index contributed by atoms with van der Waals surface area (Å²) < 4.78 is 7.41. The van der Waals surface area contributed by atoms with Gasteiger partial charge in [-0.25, -0.2) is 15.0 Å². The fourth-order valence-corrected chi connectivity index (χ4v) is 4.62. The van der Waals surface area contributed by atoms with Crippen molar-refractivity contribution >= 4 is 38.4 Å². The van der Waals surface area contributed by atoms with Gasteiger partial charge in [0.2, 0.25) is 5.95 Å².